The van der Waals surface area contributed by atoms with Crippen LogP contribution in [0.1, 0.15) is 46.0 Å². The number of nitrogens with one attached hydrogen (secondary N) is 2. The van der Waals surface area contributed by atoms with Gasteiger partial charge in [0.25, 0.3) is 0 Å². The number of anilines is 1. The molecule has 1 heterocycles. The summed E-state index contributed by atoms with van der Waals surface area (Å²) in [5.74, 6) is 3.50. The summed E-state index contributed by atoms with van der Waals surface area (Å²) in [5.41, 5.74) is 1.16. The molecule has 3 rings (SSSR count). The number of aliphatic imine (C=N–C) groups is 1. The van der Waals surface area contributed by atoms with E-state index in [-0.39, 0.29) is 24.0 Å². The lowest BCUT2D eigenvalue weighted by atomic mass is 10.0. The Hall–Kier alpha value is -1.38. The molecule has 0 amide bonds. The van der Waals surface area contributed by atoms with Crippen molar-refractivity contribution in [3.05, 3.63) is 18.2 Å². The summed E-state index contributed by atoms with van der Waals surface area (Å²) >= 11 is 0. The molecule has 1 aromatic carbocycles. The molecule has 0 radical (unpaired) electrons. The van der Waals surface area contributed by atoms with Crippen LogP contribution in [0.4, 0.5) is 5.69 Å². The van der Waals surface area contributed by atoms with E-state index >= 15 is 0 Å². The largest absolute Gasteiger partial charge is 0.497 e. The van der Waals surface area contributed by atoms with Crippen molar-refractivity contribution >= 4 is 35.6 Å². The summed E-state index contributed by atoms with van der Waals surface area (Å²) < 4.78 is 10.8. The van der Waals surface area contributed by atoms with Crippen molar-refractivity contribution in [3.8, 4) is 11.5 Å². The molecule has 2 N–H and O–H groups in total. The molecule has 0 bridgehead atoms. The lowest BCUT2D eigenvalue weighted by Gasteiger charge is -2.35. The van der Waals surface area contributed by atoms with Gasteiger partial charge in [-0.3, -0.25) is 4.99 Å². The van der Waals surface area contributed by atoms with Gasteiger partial charge >= 0.3 is 0 Å². The highest BCUT2D eigenvalue weighted by Gasteiger charge is 2.37. The molecule has 0 spiro atoms. The molecule has 1 aliphatic carbocycles. The fourth-order valence-electron chi connectivity index (χ4n) is 4.03. The Labute approximate surface area is 192 Å². The molecule has 1 aromatic rings. The standard InChI is InChI=1S/C22H36N4O2.HI/c1-5-7-16-12-21(16)25-22(23-6-2)24-17-8-10-26(11-9-17)18-13-19(27-3)15-20(14-18)28-4;/h13-17,21H,5-12H2,1-4H3,(H2,23,24,25);1H. The Kier molecular flexibility index (Phi) is 9.65. The van der Waals surface area contributed by atoms with Gasteiger partial charge < -0.3 is 25.0 Å². The van der Waals surface area contributed by atoms with Crippen molar-refractivity contribution in [1.82, 2.24) is 10.6 Å². The molecule has 2 fully saturated rings. The first-order valence-electron chi connectivity index (χ1n) is 10.7. The van der Waals surface area contributed by atoms with Crippen molar-refractivity contribution in [1.29, 1.82) is 0 Å². The zero-order chi connectivity index (χ0) is 19.9. The summed E-state index contributed by atoms with van der Waals surface area (Å²) in [4.78, 5) is 7.07. The first-order chi connectivity index (χ1) is 13.7. The van der Waals surface area contributed by atoms with Crippen LogP contribution in [0.25, 0.3) is 0 Å². The van der Waals surface area contributed by atoms with Crippen LogP contribution in [-0.4, -0.2) is 51.9 Å². The van der Waals surface area contributed by atoms with Crippen LogP contribution in [0.2, 0.25) is 0 Å². The molecular weight excluding hydrogens is 479 g/mol. The van der Waals surface area contributed by atoms with Crippen LogP contribution in [0.15, 0.2) is 23.2 Å². The number of hydrogen-bond acceptors (Lipinski definition) is 4. The van der Waals surface area contributed by atoms with Crippen molar-refractivity contribution in [2.75, 3.05) is 38.8 Å². The number of nitrogens with zero attached hydrogens (tertiary/aromatic N) is 2. The van der Waals surface area contributed by atoms with Gasteiger partial charge in [0.2, 0.25) is 0 Å². The highest BCUT2D eigenvalue weighted by Crippen LogP contribution is 2.34. The lowest BCUT2D eigenvalue weighted by molar-refractivity contribution is 0.393. The number of benzene rings is 1. The molecule has 6 nitrogen and oxygen atoms in total. The van der Waals surface area contributed by atoms with Gasteiger partial charge in [-0.1, -0.05) is 13.3 Å². The van der Waals surface area contributed by atoms with Gasteiger partial charge in [0.15, 0.2) is 5.96 Å². The minimum absolute atomic E-state index is 0. The predicted molar refractivity (Wildman–Crippen MR) is 131 cm³/mol. The third-order valence-electron chi connectivity index (χ3n) is 5.76. The molecule has 1 saturated heterocycles. The van der Waals surface area contributed by atoms with Gasteiger partial charge in [-0.2, -0.15) is 0 Å². The van der Waals surface area contributed by atoms with Crippen LogP contribution < -0.4 is 25.0 Å². The predicted octanol–water partition coefficient (Wildman–Crippen LogP) is 4.03. The van der Waals surface area contributed by atoms with E-state index < -0.39 is 0 Å². The molecule has 164 valence electrons. The van der Waals surface area contributed by atoms with Crippen molar-refractivity contribution in [3.63, 3.8) is 0 Å². The van der Waals surface area contributed by atoms with E-state index in [0.717, 1.165) is 61.5 Å². The van der Waals surface area contributed by atoms with E-state index in [1.165, 1.54) is 19.3 Å². The minimum Gasteiger partial charge on any atom is -0.497 e. The fraction of sp³-hybridized carbons (Fsp3) is 0.682. The smallest absolute Gasteiger partial charge is 0.191 e. The summed E-state index contributed by atoms with van der Waals surface area (Å²) in [7, 11) is 3.39. The van der Waals surface area contributed by atoms with Gasteiger partial charge in [0.05, 0.1) is 14.2 Å². The topological polar surface area (TPSA) is 58.1 Å². The van der Waals surface area contributed by atoms with Crippen molar-refractivity contribution in [2.24, 2.45) is 10.9 Å². The minimum atomic E-state index is 0. The van der Waals surface area contributed by atoms with Gasteiger partial charge in [-0.25, -0.2) is 0 Å². The fourth-order valence-corrected chi connectivity index (χ4v) is 4.03. The number of halogens is 1. The van der Waals surface area contributed by atoms with Crippen molar-refractivity contribution in [2.45, 2.75) is 58.0 Å². The monoisotopic (exact) mass is 516 g/mol. The third kappa shape index (κ3) is 6.83. The van der Waals surface area contributed by atoms with Crippen molar-refractivity contribution < 1.29 is 9.47 Å². The second-order valence-corrected chi connectivity index (χ2v) is 7.83. The Morgan fingerprint density at radius 3 is 2.28 bits per heavy atom. The van der Waals surface area contributed by atoms with Crippen LogP contribution in [0, 0.1) is 5.92 Å². The average molecular weight is 516 g/mol. The van der Waals surface area contributed by atoms with E-state index in [1.807, 2.05) is 6.07 Å². The Morgan fingerprint density at radius 2 is 1.72 bits per heavy atom. The maximum Gasteiger partial charge on any atom is 0.191 e. The van der Waals surface area contributed by atoms with E-state index in [2.05, 4.69) is 46.5 Å². The molecule has 0 aromatic heterocycles. The zero-order valence-electron chi connectivity index (χ0n) is 18.2. The van der Waals surface area contributed by atoms with E-state index in [4.69, 9.17) is 9.47 Å². The Balaban J connectivity index is 0.00000300. The van der Waals surface area contributed by atoms with Crippen LogP contribution in [-0.2, 0) is 0 Å². The number of hydrogen-bond donors (Lipinski definition) is 2. The molecule has 7 heteroatoms. The molecule has 2 unspecified atom stereocenters. The number of piperidine rings is 1. The SMILES string of the molecule is CCCC1CC1NC(=NCC)NC1CCN(c2cc(OC)cc(OC)c2)CC1.I. The number of rotatable bonds is 8. The Morgan fingerprint density at radius 1 is 1.07 bits per heavy atom. The van der Waals surface area contributed by atoms with Gasteiger partial charge in [0, 0.05) is 55.6 Å². The first kappa shape index (κ1) is 23.9. The maximum atomic E-state index is 5.41. The van der Waals surface area contributed by atoms with Crippen LogP contribution in [0.5, 0.6) is 11.5 Å². The van der Waals surface area contributed by atoms with Gasteiger partial charge in [-0.05, 0) is 38.5 Å². The molecule has 1 aliphatic heterocycles. The highest BCUT2D eigenvalue weighted by molar-refractivity contribution is 14.0. The summed E-state index contributed by atoms with van der Waals surface area (Å²) in [6, 6.07) is 7.17. The first-order valence-corrected chi connectivity index (χ1v) is 10.7. The quantitative estimate of drug-likeness (QED) is 0.311. The molecular formula is C22H37IN4O2. The molecule has 2 aliphatic rings. The Bertz CT molecular complexity index is 640. The lowest BCUT2D eigenvalue weighted by Crippen LogP contribution is -2.49. The summed E-state index contributed by atoms with van der Waals surface area (Å²) in [6.45, 7) is 7.19. The second-order valence-electron chi connectivity index (χ2n) is 7.83. The van der Waals surface area contributed by atoms with E-state index in [9.17, 15) is 0 Å². The van der Waals surface area contributed by atoms with Crippen LogP contribution >= 0.6 is 24.0 Å². The molecule has 1 saturated carbocycles. The van der Waals surface area contributed by atoms with Gasteiger partial charge in [0.1, 0.15) is 11.5 Å². The normalized spacial score (nSPS) is 21.9. The summed E-state index contributed by atoms with van der Waals surface area (Å²) in [5, 5.41) is 7.31. The van der Waals surface area contributed by atoms with Crippen LogP contribution in [0.3, 0.4) is 0 Å². The number of guanidine groups is 1. The zero-order valence-corrected chi connectivity index (χ0v) is 20.6. The molecule has 29 heavy (non-hydrogen) atoms. The summed E-state index contributed by atoms with van der Waals surface area (Å²) in [6.07, 6.45) is 6.05. The maximum absolute atomic E-state index is 5.41. The van der Waals surface area contributed by atoms with Gasteiger partial charge in [-0.15, -0.1) is 24.0 Å². The molecule has 2 atom stereocenters. The highest BCUT2D eigenvalue weighted by atomic mass is 127. The second kappa shape index (κ2) is 11.7. The third-order valence-corrected chi connectivity index (χ3v) is 5.76. The van der Waals surface area contributed by atoms with E-state index in [1.54, 1.807) is 14.2 Å². The number of methoxy groups -OCH3 is 2. The number of ether oxygens (including phenoxy) is 2. The average Bonchev–Trinajstić information content (AvgIpc) is 3.45. The van der Waals surface area contributed by atoms with E-state index in [0.29, 0.717) is 12.1 Å².